The van der Waals surface area contributed by atoms with Crippen molar-refractivity contribution < 1.29 is 14.7 Å². The Bertz CT molecular complexity index is 644. The third kappa shape index (κ3) is 2.95. The molecule has 0 atom stereocenters. The van der Waals surface area contributed by atoms with Gasteiger partial charge in [0, 0.05) is 41.7 Å². The molecule has 22 heavy (non-hydrogen) atoms. The summed E-state index contributed by atoms with van der Waals surface area (Å²) < 4.78 is 2.51. The van der Waals surface area contributed by atoms with Gasteiger partial charge in [-0.05, 0) is 12.8 Å². The van der Waals surface area contributed by atoms with Gasteiger partial charge >= 0.3 is 6.03 Å². The number of hydrogen-bond donors (Lipinski definition) is 1. The standard InChI is InChI=1S/C16H21N4O2/c1-18(14-5-3-2-4-6-14)16(21)19-11-15(17-12-19)13-7-9-20(22)10-8-13/h7-12,14,22H,2-6H2,1H3/q+1. The molecule has 1 aliphatic carbocycles. The van der Waals surface area contributed by atoms with E-state index in [9.17, 15) is 10.0 Å². The van der Waals surface area contributed by atoms with Gasteiger partial charge in [-0.1, -0.05) is 19.3 Å². The molecule has 0 radical (unpaired) electrons. The Kier molecular flexibility index (Phi) is 4.09. The summed E-state index contributed by atoms with van der Waals surface area (Å²) >= 11 is 0. The molecule has 2 heterocycles. The van der Waals surface area contributed by atoms with Crippen LogP contribution in [0.4, 0.5) is 4.79 Å². The van der Waals surface area contributed by atoms with E-state index in [-0.39, 0.29) is 6.03 Å². The Morgan fingerprint density at radius 3 is 2.68 bits per heavy atom. The van der Waals surface area contributed by atoms with E-state index in [4.69, 9.17) is 0 Å². The van der Waals surface area contributed by atoms with Crippen molar-refractivity contribution in [3.63, 3.8) is 0 Å². The quantitative estimate of drug-likeness (QED) is 0.684. The smallest absolute Gasteiger partial charge is 0.324 e. The third-order valence-corrected chi connectivity index (χ3v) is 4.34. The van der Waals surface area contributed by atoms with E-state index >= 15 is 0 Å². The van der Waals surface area contributed by atoms with Crippen LogP contribution in [0.3, 0.4) is 0 Å². The van der Waals surface area contributed by atoms with Gasteiger partial charge in [0.05, 0.1) is 5.69 Å². The maximum Gasteiger partial charge on any atom is 0.329 e. The van der Waals surface area contributed by atoms with E-state index in [0.717, 1.165) is 23.1 Å². The Labute approximate surface area is 129 Å². The predicted octanol–water partition coefficient (Wildman–Crippen LogP) is 2.31. The SMILES string of the molecule is CN(C(=O)n1cnc(-c2cc[n+](O)cc2)c1)C1CCCCC1. The van der Waals surface area contributed by atoms with Crippen LogP contribution in [0.5, 0.6) is 0 Å². The van der Waals surface area contributed by atoms with Gasteiger partial charge in [0.15, 0.2) is 0 Å². The monoisotopic (exact) mass is 301 g/mol. The second kappa shape index (κ2) is 6.17. The van der Waals surface area contributed by atoms with Gasteiger partial charge in [-0.3, -0.25) is 9.77 Å². The first-order valence-corrected chi connectivity index (χ1v) is 7.67. The van der Waals surface area contributed by atoms with Crippen molar-refractivity contribution in [1.82, 2.24) is 14.5 Å². The van der Waals surface area contributed by atoms with Crippen LogP contribution in [0, 0.1) is 0 Å². The first-order chi connectivity index (χ1) is 10.6. The van der Waals surface area contributed by atoms with Crippen LogP contribution in [0.15, 0.2) is 37.1 Å². The highest BCUT2D eigenvalue weighted by molar-refractivity contribution is 5.78. The summed E-state index contributed by atoms with van der Waals surface area (Å²) in [6.45, 7) is 0. The molecule has 0 aliphatic heterocycles. The van der Waals surface area contributed by atoms with E-state index in [1.54, 1.807) is 24.7 Å². The lowest BCUT2D eigenvalue weighted by Crippen LogP contribution is -2.40. The van der Waals surface area contributed by atoms with Gasteiger partial charge in [-0.15, -0.1) is 0 Å². The topological polar surface area (TPSA) is 62.2 Å². The maximum atomic E-state index is 12.5. The molecule has 2 aromatic heterocycles. The first kappa shape index (κ1) is 14.6. The Balaban J connectivity index is 1.75. The summed E-state index contributed by atoms with van der Waals surface area (Å²) in [6, 6.07) is 3.79. The fourth-order valence-corrected chi connectivity index (χ4v) is 2.97. The van der Waals surface area contributed by atoms with Crippen molar-refractivity contribution in [2.45, 2.75) is 38.1 Å². The van der Waals surface area contributed by atoms with E-state index in [1.165, 1.54) is 36.2 Å². The molecule has 1 amide bonds. The van der Waals surface area contributed by atoms with Gasteiger partial charge in [0.1, 0.15) is 6.33 Å². The second-order valence-corrected chi connectivity index (χ2v) is 5.82. The van der Waals surface area contributed by atoms with Gasteiger partial charge in [0.2, 0.25) is 12.4 Å². The van der Waals surface area contributed by atoms with Gasteiger partial charge in [-0.2, -0.15) is 0 Å². The molecular formula is C16H21N4O2+. The number of pyridine rings is 1. The Morgan fingerprint density at radius 2 is 2.00 bits per heavy atom. The molecule has 6 nitrogen and oxygen atoms in total. The number of aromatic nitrogens is 3. The molecule has 1 aliphatic rings. The van der Waals surface area contributed by atoms with Gasteiger partial charge < -0.3 is 4.90 Å². The average Bonchev–Trinajstić information content (AvgIpc) is 3.05. The molecule has 0 bridgehead atoms. The molecule has 116 valence electrons. The molecule has 0 spiro atoms. The highest BCUT2D eigenvalue weighted by atomic mass is 16.5. The molecule has 0 saturated heterocycles. The van der Waals surface area contributed by atoms with Crippen LogP contribution in [0.25, 0.3) is 11.3 Å². The van der Waals surface area contributed by atoms with Crippen molar-refractivity contribution >= 4 is 6.03 Å². The minimum absolute atomic E-state index is 0.0428. The Hall–Kier alpha value is -2.37. The minimum Gasteiger partial charge on any atom is -0.324 e. The molecule has 2 aromatic rings. The normalized spacial score (nSPS) is 15.7. The molecule has 0 aromatic carbocycles. The van der Waals surface area contributed by atoms with Crippen molar-refractivity contribution in [2.75, 3.05) is 7.05 Å². The van der Waals surface area contributed by atoms with Crippen molar-refractivity contribution in [1.29, 1.82) is 0 Å². The van der Waals surface area contributed by atoms with Gasteiger partial charge in [0.25, 0.3) is 0 Å². The summed E-state index contributed by atoms with van der Waals surface area (Å²) in [6.07, 6.45) is 12.2. The highest BCUT2D eigenvalue weighted by Crippen LogP contribution is 2.22. The summed E-state index contributed by atoms with van der Waals surface area (Å²) in [4.78, 5) is 18.7. The van der Waals surface area contributed by atoms with Crippen LogP contribution in [-0.4, -0.2) is 38.8 Å². The molecule has 3 rings (SSSR count). The van der Waals surface area contributed by atoms with Crippen LogP contribution in [0.2, 0.25) is 0 Å². The zero-order valence-corrected chi connectivity index (χ0v) is 12.7. The molecule has 1 fully saturated rings. The minimum atomic E-state index is -0.0428. The van der Waals surface area contributed by atoms with Crippen LogP contribution < -0.4 is 4.73 Å². The number of imidazole rings is 1. The van der Waals surface area contributed by atoms with Crippen molar-refractivity contribution in [2.24, 2.45) is 0 Å². The number of hydrogen-bond acceptors (Lipinski definition) is 3. The number of carbonyl (C=O) groups excluding carboxylic acids is 1. The van der Waals surface area contributed by atoms with Crippen molar-refractivity contribution in [3.8, 4) is 11.3 Å². The van der Waals surface area contributed by atoms with Crippen LogP contribution in [-0.2, 0) is 0 Å². The second-order valence-electron chi connectivity index (χ2n) is 5.82. The lowest BCUT2D eigenvalue weighted by molar-refractivity contribution is -0.904. The number of rotatable bonds is 2. The molecule has 0 unspecified atom stereocenters. The summed E-state index contributed by atoms with van der Waals surface area (Å²) in [5, 5.41) is 9.24. The number of nitrogens with zero attached hydrogens (tertiary/aromatic N) is 4. The Morgan fingerprint density at radius 1 is 1.32 bits per heavy atom. The fourth-order valence-electron chi connectivity index (χ4n) is 2.97. The number of amides is 1. The summed E-state index contributed by atoms with van der Waals surface area (Å²) in [5.74, 6) is 0. The molecule has 1 saturated carbocycles. The average molecular weight is 301 g/mol. The molecular weight excluding hydrogens is 280 g/mol. The third-order valence-electron chi connectivity index (χ3n) is 4.34. The fraction of sp³-hybridized carbons (Fsp3) is 0.438. The van der Waals surface area contributed by atoms with E-state index < -0.39 is 0 Å². The largest absolute Gasteiger partial charge is 0.329 e. The van der Waals surface area contributed by atoms with Crippen LogP contribution >= 0.6 is 0 Å². The highest BCUT2D eigenvalue weighted by Gasteiger charge is 2.23. The molecule has 1 N–H and O–H groups in total. The maximum absolute atomic E-state index is 12.5. The zero-order valence-electron chi connectivity index (χ0n) is 12.7. The van der Waals surface area contributed by atoms with E-state index in [0.29, 0.717) is 11.7 Å². The summed E-state index contributed by atoms with van der Waals surface area (Å²) in [5.41, 5.74) is 1.57. The predicted molar refractivity (Wildman–Crippen MR) is 80.5 cm³/mol. The molecule has 6 heteroatoms. The zero-order chi connectivity index (χ0) is 15.5. The lowest BCUT2D eigenvalue weighted by atomic mass is 9.95. The van der Waals surface area contributed by atoms with E-state index in [2.05, 4.69) is 4.98 Å². The number of carbonyl (C=O) groups is 1. The lowest BCUT2D eigenvalue weighted by Gasteiger charge is -2.31. The first-order valence-electron chi connectivity index (χ1n) is 7.67. The van der Waals surface area contributed by atoms with Crippen LogP contribution in [0.1, 0.15) is 32.1 Å². The summed E-state index contributed by atoms with van der Waals surface area (Å²) in [7, 11) is 1.87. The van der Waals surface area contributed by atoms with Crippen molar-refractivity contribution in [3.05, 3.63) is 37.1 Å². The van der Waals surface area contributed by atoms with Gasteiger partial charge in [-0.25, -0.2) is 9.78 Å². The van der Waals surface area contributed by atoms with E-state index in [1.807, 2.05) is 11.9 Å².